The standard InChI is InChI=1S/C24H28N2O5S/c27-22(25-13-14-26-23(28)21-12-11-20(32-21)15-1-2-15)16-3-7-18(8-4-16)31-19-9-5-17(6-10-19)24(29)30/h3-4,7-8,11-12,15,17,19H,1-2,5-6,9-10,13-14H2,(H,25,27)(H,26,28)(H,29,30)/t17-,19+. The average Bonchev–Trinajstić information content (AvgIpc) is 3.53. The highest BCUT2D eigenvalue weighted by atomic mass is 32.1. The van der Waals surface area contributed by atoms with E-state index in [1.807, 2.05) is 12.1 Å². The summed E-state index contributed by atoms with van der Waals surface area (Å²) in [6, 6.07) is 10.8. The molecule has 2 amide bonds. The Balaban J connectivity index is 1.16. The van der Waals surface area contributed by atoms with Gasteiger partial charge in [-0.15, -0.1) is 11.3 Å². The number of ether oxygens (including phenoxy) is 1. The van der Waals surface area contributed by atoms with E-state index in [1.165, 1.54) is 17.7 Å². The summed E-state index contributed by atoms with van der Waals surface area (Å²) in [5.74, 6) is 0.0116. The van der Waals surface area contributed by atoms with Crippen LogP contribution in [0.4, 0.5) is 0 Å². The molecule has 2 aliphatic carbocycles. The van der Waals surface area contributed by atoms with E-state index in [-0.39, 0.29) is 23.8 Å². The monoisotopic (exact) mass is 456 g/mol. The molecule has 0 aliphatic heterocycles. The molecule has 2 aromatic rings. The number of carbonyl (C=O) groups excluding carboxylic acids is 2. The van der Waals surface area contributed by atoms with Crippen molar-refractivity contribution in [2.24, 2.45) is 5.92 Å². The molecule has 2 saturated carbocycles. The zero-order chi connectivity index (χ0) is 22.5. The fourth-order valence-corrected chi connectivity index (χ4v) is 5.00. The number of hydrogen-bond acceptors (Lipinski definition) is 5. The van der Waals surface area contributed by atoms with E-state index in [0.29, 0.717) is 48.0 Å². The van der Waals surface area contributed by atoms with Crippen LogP contribution < -0.4 is 15.4 Å². The molecule has 1 aromatic carbocycles. The van der Waals surface area contributed by atoms with Crippen molar-refractivity contribution in [3.05, 3.63) is 51.7 Å². The van der Waals surface area contributed by atoms with Crippen molar-refractivity contribution in [2.45, 2.75) is 50.5 Å². The Morgan fingerprint density at radius 2 is 1.53 bits per heavy atom. The number of carboxylic acid groups (broad SMARTS) is 1. The molecular formula is C24H28N2O5S. The van der Waals surface area contributed by atoms with Gasteiger partial charge in [0.1, 0.15) is 5.75 Å². The number of rotatable bonds is 9. The van der Waals surface area contributed by atoms with Gasteiger partial charge in [-0.05, 0) is 80.8 Å². The summed E-state index contributed by atoms with van der Waals surface area (Å²) in [4.78, 5) is 37.6. The third-order valence-corrected chi connectivity index (χ3v) is 7.22. The van der Waals surface area contributed by atoms with Gasteiger partial charge in [0.15, 0.2) is 0 Å². The van der Waals surface area contributed by atoms with Crippen molar-refractivity contribution < 1.29 is 24.2 Å². The molecule has 170 valence electrons. The maximum Gasteiger partial charge on any atom is 0.306 e. The summed E-state index contributed by atoms with van der Waals surface area (Å²) in [5, 5.41) is 14.7. The average molecular weight is 457 g/mol. The maximum absolute atomic E-state index is 12.3. The van der Waals surface area contributed by atoms with E-state index in [9.17, 15) is 14.4 Å². The number of thiophene rings is 1. The van der Waals surface area contributed by atoms with E-state index in [4.69, 9.17) is 9.84 Å². The van der Waals surface area contributed by atoms with Crippen molar-refractivity contribution in [1.82, 2.24) is 10.6 Å². The Morgan fingerprint density at radius 3 is 2.16 bits per heavy atom. The highest BCUT2D eigenvalue weighted by Gasteiger charge is 2.27. The fourth-order valence-electron chi connectivity index (χ4n) is 3.91. The second kappa shape index (κ2) is 10.2. The van der Waals surface area contributed by atoms with E-state index in [0.717, 1.165) is 12.8 Å². The van der Waals surface area contributed by atoms with Crippen molar-refractivity contribution in [3.63, 3.8) is 0 Å². The number of aliphatic carboxylic acids is 1. The molecule has 1 heterocycles. The third-order valence-electron chi connectivity index (χ3n) is 5.97. The highest BCUT2D eigenvalue weighted by Crippen LogP contribution is 2.43. The summed E-state index contributed by atoms with van der Waals surface area (Å²) < 4.78 is 5.93. The third kappa shape index (κ3) is 5.88. The summed E-state index contributed by atoms with van der Waals surface area (Å²) in [6.45, 7) is 0.706. The molecule has 3 N–H and O–H groups in total. The van der Waals surface area contributed by atoms with Gasteiger partial charge in [0.2, 0.25) is 0 Å². The van der Waals surface area contributed by atoms with Gasteiger partial charge in [0.25, 0.3) is 11.8 Å². The van der Waals surface area contributed by atoms with Crippen LogP contribution in [0, 0.1) is 5.92 Å². The summed E-state index contributed by atoms with van der Waals surface area (Å²) >= 11 is 1.55. The lowest BCUT2D eigenvalue weighted by molar-refractivity contribution is -0.143. The van der Waals surface area contributed by atoms with Gasteiger partial charge in [-0.2, -0.15) is 0 Å². The van der Waals surface area contributed by atoms with Gasteiger partial charge < -0.3 is 20.5 Å². The van der Waals surface area contributed by atoms with E-state index >= 15 is 0 Å². The molecule has 0 spiro atoms. The van der Waals surface area contributed by atoms with Gasteiger partial charge in [-0.25, -0.2) is 0 Å². The molecule has 0 saturated heterocycles. The van der Waals surface area contributed by atoms with Crippen LogP contribution in [0.2, 0.25) is 0 Å². The van der Waals surface area contributed by atoms with Gasteiger partial charge >= 0.3 is 5.97 Å². The van der Waals surface area contributed by atoms with Gasteiger partial charge in [0, 0.05) is 23.5 Å². The summed E-state index contributed by atoms with van der Waals surface area (Å²) in [7, 11) is 0. The fraction of sp³-hybridized carbons (Fsp3) is 0.458. The minimum absolute atomic E-state index is 0.0117. The zero-order valence-corrected chi connectivity index (χ0v) is 18.7. The predicted octanol–water partition coefficient (Wildman–Crippen LogP) is 3.81. The molecule has 0 bridgehead atoms. The Labute approximate surface area is 191 Å². The number of carboxylic acids is 1. The SMILES string of the molecule is O=C(NCCNC(=O)c1ccc(C2CC2)s1)c1ccc(O[C@H]2CC[C@@H](C(=O)O)CC2)cc1. The van der Waals surface area contributed by atoms with Crippen LogP contribution in [0.3, 0.4) is 0 Å². The predicted molar refractivity (Wildman–Crippen MR) is 121 cm³/mol. The molecule has 0 radical (unpaired) electrons. The number of hydrogen-bond donors (Lipinski definition) is 3. The first-order valence-electron chi connectivity index (χ1n) is 11.2. The summed E-state index contributed by atoms with van der Waals surface area (Å²) in [6.07, 6.45) is 5.15. The molecule has 4 rings (SSSR count). The molecule has 0 atom stereocenters. The van der Waals surface area contributed by atoms with Crippen LogP contribution in [0.5, 0.6) is 5.75 Å². The lowest BCUT2D eigenvalue weighted by atomic mass is 9.87. The molecule has 8 heteroatoms. The first kappa shape index (κ1) is 22.3. The van der Waals surface area contributed by atoms with E-state index in [1.54, 1.807) is 35.6 Å². The number of nitrogens with one attached hydrogen (secondary N) is 2. The summed E-state index contributed by atoms with van der Waals surface area (Å²) in [5.41, 5.74) is 0.519. The van der Waals surface area contributed by atoms with Crippen LogP contribution in [-0.4, -0.2) is 42.1 Å². The topological polar surface area (TPSA) is 105 Å². The largest absolute Gasteiger partial charge is 0.490 e. The van der Waals surface area contributed by atoms with Crippen molar-refractivity contribution in [1.29, 1.82) is 0 Å². The Bertz CT molecular complexity index is 959. The van der Waals surface area contributed by atoms with Crippen molar-refractivity contribution >= 4 is 29.1 Å². The molecule has 0 unspecified atom stereocenters. The minimum atomic E-state index is -0.729. The normalized spacial score (nSPS) is 20.4. The molecule has 1 aromatic heterocycles. The zero-order valence-electron chi connectivity index (χ0n) is 17.8. The van der Waals surface area contributed by atoms with Crippen LogP contribution in [-0.2, 0) is 4.79 Å². The lowest BCUT2D eigenvalue weighted by Crippen LogP contribution is -2.34. The molecule has 32 heavy (non-hydrogen) atoms. The smallest absolute Gasteiger partial charge is 0.306 e. The van der Waals surface area contributed by atoms with Gasteiger partial charge in [-0.3, -0.25) is 14.4 Å². The molecule has 2 aliphatic rings. The molecular weight excluding hydrogens is 428 g/mol. The van der Waals surface area contributed by atoms with Crippen LogP contribution in [0.25, 0.3) is 0 Å². The first-order valence-corrected chi connectivity index (χ1v) is 12.0. The Kier molecular flexibility index (Phi) is 7.09. The molecule has 2 fully saturated rings. The first-order chi connectivity index (χ1) is 15.5. The Morgan fingerprint density at radius 1 is 0.875 bits per heavy atom. The van der Waals surface area contributed by atoms with Crippen LogP contribution in [0.15, 0.2) is 36.4 Å². The quantitative estimate of drug-likeness (QED) is 0.498. The van der Waals surface area contributed by atoms with Gasteiger partial charge in [-0.1, -0.05) is 0 Å². The lowest BCUT2D eigenvalue weighted by Gasteiger charge is -2.26. The maximum atomic E-state index is 12.3. The Hall–Kier alpha value is -2.87. The van der Waals surface area contributed by atoms with Crippen molar-refractivity contribution in [3.8, 4) is 5.75 Å². The second-order valence-corrected chi connectivity index (χ2v) is 9.56. The number of benzene rings is 1. The van der Waals surface area contributed by atoms with E-state index < -0.39 is 5.97 Å². The molecule has 7 nitrogen and oxygen atoms in total. The second-order valence-electron chi connectivity index (χ2n) is 8.44. The van der Waals surface area contributed by atoms with Gasteiger partial charge in [0.05, 0.1) is 16.9 Å². The highest BCUT2D eigenvalue weighted by molar-refractivity contribution is 7.14. The van der Waals surface area contributed by atoms with E-state index in [2.05, 4.69) is 10.6 Å². The minimum Gasteiger partial charge on any atom is -0.490 e. The van der Waals surface area contributed by atoms with Crippen LogP contribution in [0.1, 0.15) is 69.3 Å². The number of amides is 2. The van der Waals surface area contributed by atoms with Crippen LogP contribution >= 0.6 is 11.3 Å². The number of carbonyl (C=O) groups is 3. The van der Waals surface area contributed by atoms with Crippen molar-refractivity contribution in [2.75, 3.05) is 13.1 Å².